The molecule has 0 aliphatic heterocycles. The standard InChI is InChI=1S/C16H10BClN2O2/c17-9-6-7-12-11(8-9)14(18)13(16(21)22)15(20-12)19-10-4-2-1-3-5-10/h1-8H,(H,19,20)(H,21,22). The fraction of sp³-hybridized carbons (Fsp3) is 0. The van der Waals surface area contributed by atoms with Crippen molar-refractivity contribution >= 4 is 53.3 Å². The van der Waals surface area contributed by atoms with Crippen molar-refractivity contribution in [1.82, 2.24) is 4.98 Å². The Labute approximate surface area is 133 Å². The number of pyridine rings is 1. The molecule has 106 valence electrons. The Kier molecular flexibility index (Phi) is 3.73. The summed E-state index contributed by atoms with van der Waals surface area (Å²) in [4.78, 5) is 15.9. The molecule has 0 bridgehead atoms. The van der Waals surface area contributed by atoms with Crippen molar-refractivity contribution in [2.75, 3.05) is 5.32 Å². The number of carboxylic acids is 1. The van der Waals surface area contributed by atoms with Gasteiger partial charge in [-0.05, 0) is 18.2 Å². The summed E-state index contributed by atoms with van der Waals surface area (Å²) in [6, 6.07) is 14.2. The second-order valence-electron chi connectivity index (χ2n) is 4.72. The molecule has 0 amide bonds. The lowest BCUT2D eigenvalue weighted by Gasteiger charge is -2.12. The lowest BCUT2D eigenvalue weighted by Crippen LogP contribution is -2.08. The summed E-state index contributed by atoms with van der Waals surface area (Å²) < 4.78 is 0. The minimum Gasteiger partial charge on any atom is -0.478 e. The zero-order valence-corrected chi connectivity index (χ0v) is 12.1. The molecule has 0 fully saturated rings. The highest BCUT2D eigenvalue weighted by molar-refractivity contribution is 6.40. The lowest BCUT2D eigenvalue weighted by molar-refractivity contribution is 0.0698. The average molecular weight is 309 g/mol. The maximum Gasteiger partial charge on any atom is 0.341 e. The largest absolute Gasteiger partial charge is 0.478 e. The van der Waals surface area contributed by atoms with Crippen LogP contribution in [0.5, 0.6) is 0 Å². The summed E-state index contributed by atoms with van der Waals surface area (Å²) in [5, 5.41) is 13.1. The van der Waals surface area contributed by atoms with E-state index in [1.54, 1.807) is 18.2 Å². The molecular formula is C16H10BClN2O2. The SMILES string of the molecule is [B]c1ccc2nc(Nc3ccccc3)c(C(=O)O)c(Cl)c2c1. The predicted molar refractivity (Wildman–Crippen MR) is 88.8 cm³/mol. The van der Waals surface area contributed by atoms with Gasteiger partial charge in [-0.3, -0.25) is 0 Å². The van der Waals surface area contributed by atoms with Crippen molar-refractivity contribution < 1.29 is 9.90 Å². The summed E-state index contributed by atoms with van der Waals surface area (Å²) in [6.07, 6.45) is 0. The number of carbonyl (C=O) groups is 1. The highest BCUT2D eigenvalue weighted by Crippen LogP contribution is 2.32. The van der Waals surface area contributed by atoms with Gasteiger partial charge in [-0.25, -0.2) is 9.78 Å². The minimum atomic E-state index is -1.15. The number of carboxylic acid groups (broad SMARTS) is 1. The Hall–Kier alpha value is -2.53. The molecule has 3 aromatic rings. The molecule has 2 radical (unpaired) electrons. The van der Waals surface area contributed by atoms with E-state index in [-0.39, 0.29) is 16.4 Å². The molecule has 1 aromatic heterocycles. The Morgan fingerprint density at radius 2 is 1.91 bits per heavy atom. The summed E-state index contributed by atoms with van der Waals surface area (Å²) in [7, 11) is 5.73. The number of halogens is 1. The molecule has 0 unspecified atom stereocenters. The van der Waals surface area contributed by atoms with Crippen molar-refractivity contribution in [3.63, 3.8) is 0 Å². The smallest absolute Gasteiger partial charge is 0.341 e. The number of anilines is 2. The first-order chi connectivity index (χ1) is 10.6. The van der Waals surface area contributed by atoms with Crippen LogP contribution in [0.25, 0.3) is 10.9 Å². The number of nitrogens with zero attached hydrogens (tertiary/aromatic N) is 1. The maximum absolute atomic E-state index is 11.6. The van der Waals surface area contributed by atoms with E-state index in [4.69, 9.17) is 19.4 Å². The summed E-state index contributed by atoms with van der Waals surface area (Å²) in [5.74, 6) is -0.957. The number of para-hydroxylation sites is 1. The molecular weight excluding hydrogens is 298 g/mol. The zero-order chi connectivity index (χ0) is 15.7. The van der Waals surface area contributed by atoms with E-state index < -0.39 is 5.97 Å². The number of aromatic carboxylic acids is 1. The normalized spacial score (nSPS) is 10.6. The van der Waals surface area contributed by atoms with E-state index in [0.29, 0.717) is 16.4 Å². The predicted octanol–water partition coefficient (Wildman–Crippen LogP) is 3.12. The molecule has 0 saturated carbocycles. The monoisotopic (exact) mass is 308 g/mol. The third-order valence-electron chi connectivity index (χ3n) is 3.20. The number of benzene rings is 2. The van der Waals surface area contributed by atoms with Gasteiger partial charge < -0.3 is 10.4 Å². The molecule has 6 heteroatoms. The number of hydrogen-bond donors (Lipinski definition) is 2. The van der Waals surface area contributed by atoms with Crippen LogP contribution in [-0.4, -0.2) is 23.9 Å². The van der Waals surface area contributed by atoms with E-state index in [2.05, 4.69) is 10.3 Å². The van der Waals surface area contributed by atoms with Crippen LogP contribution in [0.3, 0.4) is 0 Å². The zero-order valence-electron chi connectivity index (χ0n) is 11.4. The first kappa shape index (κ1) is 14.4. The lowest BCUT2D eigenvalue weighted by atomic mass is 9.94. The molecule has 2 aromatic carbocycles. The number of nitrogens with one attached hydrogen (secondary N) is 1. The van der Waals surface area contributed by atoms with Crippen LogP contribution >= 0.6 is 11.6 Å². The third-order valence-corrected chi connectivity index (χ3v) is 3.59. The van der Waals surface area contributed by atoms with Crippen molar-refractivity contribution in [2.24, 2.45) is 0 Å². The molecule has 4 nitrogen and oxygen atoms in total. The van der Waals surface area contributed by atoms with Gasteiger partial charge in [0.25, 0.3) is 0 Å². The highest BCUT2D eigenvalue weighted by Gasteiger charge is 2.19. The summed E-state index contributed by atoms with van der Waals surface area (Å²) in [6.45, 7) is 0. The molecule has 0 atom stereocenters. The quantitative estimate of drug-likeness (QED) is 0.730. The van der Waals surface area contributed by atoms with Crippen LogP contribution in [-0.2, 0) is 0 Å². The Bertz CT molecular complexity index is 869. The van der Waals surface area contributed by atoms with Gasteiger partial charge in [0.2, 0.25) is 0 Å². The van der Waals surface area contributed by atoms with Gasteiger partial charge in [0.05, 0.1) is 10.5 Å². The Balaban J connectivity index is 2.22. The number of rotatable bonds is 3. The van der Waals surface area contributed by atoms with Crippen LogP contribution in [0.1, 0.15) is 10.4 Å². The average Bonchev–Trinajstić information content (AvgIpc) is 2.49. The summed E-state index contributed by atoms with van der Waals surface area (Å²) in [5.41, 5.74) is 1.71. The molecule has 0 aliphatic carbocycles. The molecule has 3 rings (SSSR count). The first-order valence-corrected chi connectivity index (χ1v) is 6.88. The van der Waals surface area contributed by atoms with Gasteiger partial charge in [0, 0.05) is 11.1 Å². The number of aromatic nitrogens is 1. The van der Waals surface area contributed by atoms with Gasteiger partial charge in [0.15, 0.2) is 0 Å². The van der Waals surface area contributed by atoms with Crippen molar-refractivity contribution in [2.45, 2.75) is 0 Å². The van der Waals surface area contributed by atoms with Gasteiger partial charge >= 0.3 is 5.97 Å². The van der Waals surface area contributed by atoms with Crippen LogP contribution in [0.2, 0.25) is 5.02 Å². The van der Waals surface area contributed by atoms with Gasteiger partial charge in [-0.1, -0.05) is 47.4 Å². The van der Waals surface area contributed by atoms with Crippen molar-refractivity contribution in [3.05, 3.63) is 59.1 Å². The van der Waals surface area contributed by atoms with Crippen molar-refractivity contribution in [3.8, 4) is 0 Å². The van der Waals surface area contributed by atoms with Crippen LogP contribution < -0.4 is 10.8 Å². The van der Waals surface area contributed by atoms with E-state index in [9.17, 15) is 9.90 Å². The number of hydrogen-bond acceptors (Lipinski definition) is 3. The minimum absolute atomic E-state index is 0.0800. The van der Waals surface area contributed by atoms with Crippen molar-refractivity contribution in [1.29, 1.82) is 0 Å². The van der Waals surface area contributed by atoms with Crippen LogP contribution in [0.15, 0.2) is 48.5 Å². The molecule has 0 aliphatic rings. The highest BCUT2D eigenvalue weighted by atomic mass is 35.5. The second kappa shape index (κ2) is 5.69. The molecule has 2 N–H and O–H groups in total. The fourth-order valence-electron chi connectivity index (χ4n) is 2.19. The molecule has 0 saturated heterocycles. The second-order valence-corrected chi connectivity index (χ2v) is 5.10. The molecule has 1 heterocycles. The summed E-state index contributed by atoms with van der Waals surface area (Å²) >= 11 is 6.26. The Morgan fingerprint density at radius 1 is 1.18 bits per heavy atom. The first-order valence-electron chi connectivity index (χ1n) is 6.50. The van der Waals surface area contributed by atoms with Gasteiger partial charge in [-0.2, -0.15) is 0 Å². The third kappa shape index (κ3) is 2.63. The Morgan fingerprint density at radius 3 is 2.59 bits per heavy atom. The van der Waals surface area contributed by atoms with E-state index in [0.717, 1.165) is 5.69 Å². The fourth-order valence-corrected chi connectivity index (χ4v) is 2.51. The number of fused-ring (bicyclic) bond motifs is 1. The maximum atomic E-state index is 11.6. The van der Waals surface area contributed by atoms with E-state index in [1.165, 1.54) is 0 Å². The van der Waals surface area contributed by atoms with Gasteiger partial charge in [-0.15, -0.1) is 0 Å². The van der Waals surface area contributed by atoms with Crippen LogP contribution in [0.4, 0.5) is 11.5 Å². The topological polar surface area (TPSA) is 62.2 Å². The molecule has 22 heavy (non-hydrogen) atoms. The van der Waals surface area contributed by atoms with E-state index in [1.807, 2.05) is 30.3 Å². The van der Waals surface area contributed by atoms with Crippen LogP contribution in [0, 0.1) is 0 Å². The molecule has 0 spiro atoms. The van der Waals surface area contributed by atoms with E-state index >= 15 is 0 Å². The van der Waals surface area contributed by atoms with Gasteiger partial charge in [0.1, 0.15) is 19.2 Å².